The molecule has 1 saturated heterocycles. The summed E-state index contributed by atoms with van der Waals surface area (Å²) in [6.07, 6.45) is 0.791. The number of nitrogens with zero attached hydrogens (tertiary/aromatic N) is 3. The van der Waals surface area contributed by atoms with Gasteiger partial charge in [0.1, 0.15) is 11.6 Å². The number of rotatable bonds is 6. The molecule has 0 bridgehead atoms. The average molecular weight is 473 g/mol. The molecule has 8 heteroatoms. The number of nitrogens with one attached hydrogen (secondary N) is 1. The van der Waals surface area contributed by atoms with E-state index in [1.807, 2.05) is 12.1 Å². The van der Waals surface area contributed by atoms with E-state index in [-0.39, 0.29) is 18.2 Å². The van der Waals surface area contributed by atoms with Crippen molar-refractivity contribution in [2.45, 2.75) is 6.42 Å². The van der Waals surface area contributed by atoms with Gasteiger partial charge in [-0.25, -0.2) is 4.39 Å². The third-order valence-corrected chi connectivity index (χ3v) is 5.77. The second-order valence-corrected chi connectivity index (χ2v) is 8.10. The predicted octanol–water partition coefficient (Wildman–Crippen LogP) is 4.07. The molecule has 0 atom stereocenters. The van der Waals surface area contributed by atoms with Gasteiger partial charge in [-0.2, -0.15) is 5.26 Å². The standard InChI is InChI=1S/C27H25FN4O3/c28-23-7-2-3-8-24(23)30-26(33)19-35-25-9-4-1-6-22(25)27(34)32-15-5-14-31(16-17-32)21-12-10-20(18-29)11-13-21/h1-4,6-13H,5,14-17,19H2,(H,30,33). The number of hydrogen-bond donors (Lipinski definition) is 1. The fourth-order valence-electron chi connectivity index (χ4n) is 3.96. The minimum absolute atomic E-state index is 0.0712. The number of halogens is 1. The van der Waals surface area contributed by atoms with Crippen LogP contribution < -0.4 is 15.0 Å². The minimum Gasteiger partial charge on any atom is -0.483 e. The van der Waals surface area contributed by atoms with Crippen LogP contribution in [-0.4, -0.2) is 49.5 Å². The Kier molecular flexibility index (Phi) is 7.58. The van der Waals surface area contributed by atoms with Crippen molar-refractivity contribution < 1.29 is 18.7 Å². The van der Waals surface area contributed by atoms with Gasteiger partial charge < -0.3 is 19.9 Å². The second kappa shape index (κ2) is 11.2. The zero-order valence-electron chi connectivity index (χ0n) is 19.1. The fourth-order valence-corrected chi connectivity index (χ4v) is 3.96. The van der Waals surface area contributed by atoms with Gasteiger partial charge in [-0.05, 0) is 55.0 Å². The summed E-state index contributed by atoms with van der Waals surface area (Å²) in [6.45, 7) is 2.22. The van der Waals surface area contributed by atoms with E-state index >= 15 is 0 Å². The maximum absolute atomic E-state index is 13.8. The summed E-state index contributed by atoms with van der Waals surface area (Å²) in [6, 6.07) is 22.2. The molecule has 0 aromatic heterocycles. The molecule has 7 nitrogen and oxygen atoms in total. The molecule has 35 heavy (non-hydrogen) atoms. The van der Waals surface area contributed by atoms with Crippen molar-refractivity contribution in [1.29, 1.82) is 5.26 Å². The fraction of sp³-hybridized carbons (Fsp3) is 0.222. The van der Waals surface area contributed by atoms with Crippen molar-refractivity contribution in [3.05, 3.63) is 89.7 Å². The number of amides is 2. The molecule has 178 valence electrons. The first-order chi connectivity index (χ1) is 17.0. The van der Waals surface area contributed by atoms with Crippen molar-refractivity contribution in [3.63, 3.8) is 0 Å². The molecule has 1 heterocycles. The van der Waals surface area contributed by atoms with Gasteiger partial charge in [-0.3, -0.25) is 9.59 Å². The highest BCUT2D eigenvalue weighted by Crippen LogP contribution is 2.23. The van der Waals surface area contributed by atoms with Gasteiger partial charge in [-0.1, -0.05) is 24.3 Å². The van der Waals surface area contributed by atoms with Crippen LogP contribution in [0.3, 0.4) is 0 Å². The molecule has 0 saturated carbocycles. The Hall–Kier alpha value is -4.38. The maximum atomic E-state index is 13.8. The third-order valence-electron chi connectivity index (χ3n) is 5.77. The summed E-state index contributed by atoms with van der Waals surface area (Å²) in [5.74, 6) is -0.927. The average Bonchev–Trinajstić information content (AvgIpc) is 3.15. The molecule has 1 fully saturated rings. The van der Waals surface area contributed by atoms with Gasteiger partial charge in [-0.15, -0.1) is 0 Å². The molecule has 0 radical (unpaired) electrons. The molecule has 1 N–H and O–H groups in total. The highest BCUT2D eigenvalue weighted by atomic mass is 19.1. The number of nitriles is 1. The molecule has 3 aromatic carbocycles. The zero-order valence-corrected chi connectivity index (χ0v) is 19.1. The lowest BCUT2D eigenvalue weighted by Crippen LogP contribution is -2.35. The van der Waals surface area contributed by atoms with Crippen LogP contribution in [0.2, 0.25) is 0 Å². The first-order valence-electron chi connectivity index (χ1n) is 11.4. The van der Waals surface area contributed by atoms with Crippen LogP contribution in [-0.2, 0) is 4.79 Å². The van der Waals surface area contributed by atoms with Crippen LogP contribution >= 0.6 is 0 Å². The van der Waals surface area contributed by atoms with Crippen LogP contribution in [0.5, 0.6) is 5.75 Å². The molecule has 1 aliphatic rings. The first-order valence-corrected chi connectivity index (χ1v) is 11.4. The van der Waals surface area contributed by atoms with Crippen LogP contribution in [0.4, 0.5) is 15.8 Å². The van der Waals surface area contributed by atoms with Gasteiger partial charge in [0.2, 0.25) is 0 Å². The monoisotopic (exact) mass is 472 g/mol. The Bertz CT molecular complexity index is 1240. The summed E-state index contributed by atoms with van der Waals surface area (Å²) in [7, 11) is 0. The van der Waals surface area contributed by atoms with E-state index in [2.05, 4.69) is 16.3 Å². The lowest BCUT2D eigenvalue weighted by molar-refractivity contribution is -0.118. The van der Waals surface area contributed by atoms with E-state index in [0.29, 0.717) is 36.5 Å². The number of hydrogen-bond acceptors (Lipinski definition) is 5. The van der Waals surface area contributed by atoms with E-state index in [0.717, 1.165) is 18.7 Å². The van der Waals surface area contributed by atoms with E-state index < -0.39 is 11.7 Å². The highest BCUT2D eigenvalue weighted by Gasteiger charge is 2.23. The third kappa shape index (κ3) is 5.95. The Labute approximate surface area is 203 Å². The summed E-state index contributed by atoms with van der Waals surface area (Å²) >= 11 is 0. The Morgan fingerprint density at radius 1 is 0.943 bits per heavy atom. The second-order valence-electron chi connectivity index (χ2n) is 8.10. The molecule has 2 amide bonds. The molecule has 4 rings (SSSR count). The van der Waals surface area contributed by atoms with Gasteiger partial charge >= 0.3 is 0 Å². The van der Waals surface area contributed by atoms with Crippen LogP contribution in [0, 0.1) is 17.1 Å². The van der Waals surface area contributed by atoms with Gasteiger partial charge in [0, 0.05) is 31.9 Å². The Morgan fingerprint density at radius 3 is 2.46 bits per heavy atom. The number of anilines is 2. The quantitative estimate of drug-likeness (QED) is 0.585. The van der Waals surface area contributed by atoms with E-state index in [9.17, 15) is 14.0 Å². The Balaban J connectivity index is 1.38. The molecule has 0 spiro atoms. The largest absolute Gasteiger partial charge is 0.483 e. The van der Waals surface area contributed by atoms with Gasteiger partial charge in [0.05, 0.1) is 22.9 Å². The number of benzene rings is 3. The lowest BCUT2D eigenvalue weighted by Gasteiger charge is -2.24. The van der Waals surface area contributed by atoms with Crippen LogP contribution in [0.25, 0.3) is 0 Å². The lowest BCUT2D eigenvalue weighted by atomic mass is 10.1. The number of carbonyl (C=O) groups excluding carboxylic acids is 2. The number of carbonyl (C=O) groups is 2. The van der Waals surface area contributed by atoms with E-state index in [1.54, 1.807) is 47.4 Å². The Morgan fingerprint density at radius 2 is 1.69 bits per heavy atom. The number of ether oxygens (including phenoxy) is 1. The molecule has 3 aromatic rings. The zero-order chi connectivity index (χ0) is 24.6. The predicted molar refractivity (Wildman–Crippen MR) is 131 cm³/mol. The van der Waals surface area contributed by atoms with Gasteiger partial charge in [0.25, 0.3) is 11.8 Å². The summed E-state index contributed by atoms with van der Waals surface area (Å²) in [5, 5.41) is 11.5. The maximum Gasteiger partial charge on any atom is 0.262 e. The molecule has 1 aliphatic heterocycles. The van der Waals surface area contributed by atoms with Crippen molar-refractivity contribution in [2.24, 2.45) is 0 Å². The molecule has 0 unspecified atom stereocenters. The molecular formula is C27H25FN4O3. The summed E-state index contributed by atoms with van der Waals surface area (Å²) in [4.78, 5) is 29.6. The SMILES string of the molecule is N#Cc1ccc(N2CCCN(C(=O)c3ccccc3OCC(=O)Nc3ccccc3F)CC2)cc1. The smallest absolute Gasteiger partial charge is 0.262 e. The first kappa shape index (κ1) is 23.8. The van der Waals surface area contributed by atoms with Crippen molar-refractivity contribution in [3.8, 4) is 11.8 Å². The van der Waals surface area contributed by atoms with Crippen molar-refractivity contribution in [2.75, 3.05) is 43.0 Å². The molecular weight excluding hydrogens is 447 g/mol. The van der Waals surface area contributed by atoms with Gasteiger partial charge in [0.15, 0.2) is 6.61 Å². The summed E-state index contributed by atoms with van der Waals surface area (Å²) < 4.78 is 19.4. The normalized spacial score (nSPS) is 13.5. The van der Waals surface area contributed by atoms with E-state index in [4.69, 9.17) is 10.00 Å². The minimum atomic E-state index is -0.535. The molecule has 0 aliphatic carbocycles. The highest BCUT2D eigenvalue weighted by molar-refractivity contribution is 5.97. The summed E-state index contributed by atoms with van der Waals surface area (Å²) in [5.41, 5.74) is 2.07. The van der Waals surface area contributed by atoms with Crippen LogP contribution in [0.1, 0.15) is 22.3 Å². The van der Waals surface area contributed by atoms with E-state index in [1.165, 1.54) is 18.2 Å². The van der Waals surface area contributed by atoms with Crippen molar-refractivity contribution in [1.82, 2.24) is 4.90 Å². The van der Waals surface area contributed by atoms with Crippen LogP contribution in [0.15, 0.2) is 72.8 Å². The number of para-hydroxylation sites is 2. The van der Waals surface area contributed by atoms with Crippen molar-refractivity contribution >= 4 is 23.2 Å². The topological polar surface area (TPSA) is 85.7 Å².